The topological polar surface area (TPSA) is 60.9 Å². The first-order chi connectivity index (χ1) is 14.9. The van der Waals surface area contributed by atoms with Crippen LogP contribution in [0.3, 0.4) is 0 Å². The Balaban J connectivity index is 1.47. The summed E-state index contributed by atoms with van der Waals surface area (Å²) in [6.07, 6.45) is 3.07. The van der Waals surface area contributed by atoms with E-state index in [-0.39, 0.29) is 22.7 Å². The molecule has 0 aliphatic carbocycles. The zero-order valence-electron chi connectivity index (χ0n) is 17.7. The van der Waals surface area contributed by atoms with Gasteiger partial charge in [0.2, 0.25) is 10.0 Å². The van der Waals surface area contributed by atoms with Crippen LogP contribution < -0.4 is 4.90 Å². The molecule has 2 heterocycles. The van der Waals surface area contributed by atoms with Crippen molar-refractivity contribution >= 4 is 21.6 Å². The molecule has 2 aliphatic rings. The van der Waals surface area contributed by atoms with Gasteiger partial charge in [-0.05, 0) is 68.7 Å². The van der Waals surface area contributed by atoms with Crippen LogP contribution in [0.2, 0.25) is 0 Å². The molecule has 0 aromatic heterocycles. The molecule has 0 N–H and O–H groups in total. The predicted molar refractivity (Wildman–Crippen MR) is 118 cm³/mol. The number of hydrogen-bond donors (Lipinski definition) is 0. The number of carbonyl (C=O) groups excluding carboxylic acids is 1. The van der Waals surface area contributed by atoms with E-state index in [2.05, 4.69) is 0 Å². The molecule has 2 aromatic carbocycles. The SMILES string of the molecule is CC1CCCCN1C(=O)c1cccc(S(=O)(=O)N2CCN(c3ccc(F)cc3)CC2)c1. The van der Waals surface area contributed by atoms with E-state index in [4.69, 9.17) is 0 Å². The number of benzene rings is 2. The van der Waals surface area contributed by atoms with Gasteiger partial charge in [0.05, 0.1) is 4.90 Å². The molecule has 8 heteroatoms. The number of halogens is 1. The van der Waals surface area contributed by atoms with E-state index < -0.39 is 10.0 Å². The van der Waals surface area contributed by atoms with Crippen molar-refractivity contribution in [3.8, 4) is 0 Å². The molecular formula is C23H28FN3O3S. The lowest BCUT2D eigenvalue weighted by Gasteiger charge is -2.35. The van der Waals surface area contributed by atoms with Crippen LogP contribution in [0.1, 0.15) is 36.5 Å². The van der Waals surface area contributed by atoms with Crippen molar-refractivity contribution in [3.63, 3.8) is 0 Å². The van der Waals surface area contributed by atoms with E-state index in [1.165, 1.54) is 22.5 Å². The Labute approximate surface area is 183 Å². The number of sulfonamides is 1. The average molecular weight is 446 g/mol. The lowest BCUT2D eigenvalue weighted by Crippen LogP contribution is -2.48. The Kier molecular flexibility index (Phi) is 6.29. The monoisotopic (exact) mass is 445 g/mol. The van der Waals surface area contributed by atoms with E-state index in [1.54, 1.807) is 30.3 Å². The van der Waals surface area contributed by atoms with Gasteiger partial charge in [0.1, 0.15) is 5.82 Å². The van der Waals surface area contributed by atoms with Crippen LogP contribution in [0.15, 0.2) is 53.4 Å². The molecular weight excluding hydrogens is 417 g/mol. The number of piperidine rings is 1. The summed E-state index contributed by atoms with van der Waals surface area (Å²) < 4.78 is 41.1. The third kappa shape index (κ3) is 4.60. The van der Waals surface area contributed by atoms with Crippen molar-refractivity contribution in [1.82, 2.24) is 9.21 Å². The maximum absolute atomic E-state index is 13.2. The highest BCUT2D eigenvalue weighted by Gasteiger charge is 2.30. The van der Waals surface area contributed by atoms with Crippen LogP contribution in [0.4, 0.5) is 10.1 Å². The summed E-state index contributed by atoms with van der Waals surface area (Å²) in [6, 6.07) is 12.8. The predicted octanol–water partition coefficient (Wildman–Crippen LogP) is 3.35. The maximum Gasteiger partial charge on any atom is 0.254 e. The van der Waals surface area contributed by atoms with Crippen molar-refractivity contribution in [2.45, 2.75) is 37.1 Å². The second-order valence-electron chi connectivity index (χ2n) is 8.24. The van der Waals surface area contributed by atoms with Crippen molar-refractivity contribution in [2.24, 2.45) is 0 Å². The van der Waals surface area contributed by atoms with Gasteiger partial charge < -0.3 is 9.80 Å². The molecule has 2 saturated heterocycles. The summed E-state index contributed by atoms with van der Waals surface area (Å²) in [5.41, 5.74) is 1.29. The van der Waals surface area contributed by atoms with Gasteiger partial charge in [0.15, 0.2) is 0 Å². The number of piperazine rings is 1. The van der Waals surface area contributed by atoms with Gasteiger partial charge in [-0.15, -0.1) is 0 Å². The molecule has 166 valence electrons. The number of anilines is 1. The van der Waals surface area contributed by atoms with E-state index in [0.29, 0.717) is 38.3 Å². The normalized spacial score (nSPS) is 20.6. The highest BCUT2D eigenvalue weighted by molar-refractivity contribution is 7.89. The van der Waals surface area contributed by atoms with E-state index in [9.17, 15) is 17.6 Å². The van der Waals surface area contributed by atoms with Gasteiger partial charge in [-0.1, -0.05) is 6.07 Å². The fourth-order valence-electron chi connectivity index (χ4n) is 4.34. The summed E-state index contributed by atoms with van der Waals surface area (Å²) in [5.74, 6) is -0.399. The van der Waals surface area contributed by atoms with Crippen molar-refractivity contribution in [3.05, 3.63) is 59.9 Å². The Morgan fingerprint density at radius 3 is 2.35 bits per heavy atom. The van der Waals surface area contributed by atoms with Crippen LogP contribution in [0.5, 0.6) is 0 Å². The third-order valence-electron chi connectivity index (χ3n) is 6.21. The largest absolute Gasteiger partial charge is 0.369 e. The zero-order valence-corrected chi connectivity index (χ0v) is 18.5. The molecule has 1 amide bonds. The summed E-state index contributed by atoms with van der Waals surface area (Å²) in [6.45, 7) is 4.46. The molecule has 31 heavy (non-hydrogen) atoms. The molecule has 2 aromatic rings. The minimum Gasteiger partial charge on any atom is -0.369 e. The summed E-state index contributed by atoms with van der Waals surface area (Å²) >= 11 is 0. The summed E-state index contributed by atoms with van der Waals surface area (Å²) in [7, 11) is -3.70. The maximum atomic E-state index is 13.2. The molecule has 0 spiro atoms. The van der Waals surface area contributed by atoms with Crippen molar-refractivity contribution < 1.29 is 17.6 Å². The molecule has 2 fully saturated rings. The van der Waals surface area contributed by atoms with Gasteiger partial charge in [-0.25, -0.2) is 12.8 Å². The van der Waals surface area contributed by atoms with Crippen molar-refractivity contribution in [1.29, 1.82) is 0 Å². The van der Waals surface area contributed by atoms with Crippen LogP contribution in [0, 0.1) is 5.82 Å². The second-order valence-corrected chi connectivity index (χ2v) is 10.2. The lowest BCUT2D eigenvalue weighted by molar-refractivity contribution is 0.0635. The third-order valence-corrected chi connectivity index (χ3v) is 8.11. The molecule has 2 aliphatic heterocycles. The van der Waals surface area contributed by atoms with E-state index in [1.807, 2.05) is 16.7 Å². The van der Waals surface area contributed by atoms with Crippen molar-refractivity contribution in [2.75, 3.05) is 37.6 Å². The smallest absolute Gasteiger partial charge is 0.254 e. The van der Waals surface area contributed by atoms with Crippen LogP contribution in [0.25, 0.3) is 0 Å². The highest BCUT2D eigenvalue weighted by atomic mass is 32.2. The minimum absolute atomic E-state index is 0.106. The summed E-state index contributed by atoms with van der Waals surface area (Å²) in [5, 5.41) is 0. The Hall–Kier alpha value is -2.45. The van der Waals surface area contributed by atoms with Gasteiger partial charge in [-0.2, -0.15) is 4.31 Å². The number of likely N-dealkylation sites (tertiary alicyclic amines) is 1. The first-order valence-electron chi connectivity index (χ1n) is 10.8. The van der Waals surface area contributed by atoms with E-state index >= 15 is 0 Å². The first-order valence-corrected chi connectivity index (χ1v) is 12.2. The van der Waals surface area contributed by atoms with Crippen LogP contribution in [-0.2, 0) is 10.0 Å². The van der Waals surface area contributed by atoms with E-state index in [0.717, 1.165) is 24.9 Å². The standard InChI is InChI=1S/C23H28FN3O3S/c1-18-5-2-3-12-27(18)23(28)19-6-4-7-22(17-19)31(29,30)26-15-13-25(14-16-26)21-10-8-20(24)9-11-21/h4,6-11,17-18H,2-3,5,12-16H2,1H3. The highest BCUT2D eigenvalue weighted by Crippen LogP contribution is 2.24. The zero-order chi connectivity index (χ0) is 22.0. The van der Waals surface area contributed by atoms with Gasteiger partial charge in [-0.3, -0.25) is 4.79 Å². The van der Waals surface area contributed by atoms with Crippen LogP contribution in [-0.4, -0.2) is 62.3 Å². The second kappa shape index (κ2) is 8.96. The number of rotatable bonds is 4. The number of carbonyl (C=O) groups is 1. The molecule has 1 atom stereocenters. The summed E-state index contributed by atoms with van der Waals surface area (Å²) in [4.78, 5) is 17.0. The minimum atomic E-state index is -3.70. The molecule has 0 bridgehead atoms. The average Bonchev–Trinajstić information content (AvgIpc) is 2.80. The fourth-order valence-corrected chi connectivity index (χ4v) is 5.81. The fraction of sp³-hybridized carbons (Fsp3) is 0.435. The Bertz CT molecular complexity index is 1030. The molecule has 6 nitrogen and oxygen atoms in total. The van der Waals surface area contributed by atoms with Gasteiger partial charge in [0, 0.05) is 50.0 Å². The lowest BCUT2D eigenvalue weighted by atomic mass is 10.0. The van der Waals surface area contributed by atoms with Crippen LogP contribution >= 0.6 is 0 Å². The molecule has 4 rings (SSSR count). The number of hydrogen-bond acceptors (Lipinski definition) is 4. The quantitative estimate of drug-likeness (QED) is 0.724. The Morgan fingerprint density at radius 1 is 0.968 bits per heavy atom. The molecule has 1 unspecified atom stereocenters. The first kappa shape index (κ1) is 21.8. The number of nitrogens with zero attached hydrogens (tertiary/aromatic N) is 3. The molecule has 0 saturated carbocycles. The van der Waals surface area contributed by atoms with Gasteiger partial charge >= 0.3 is 0 Å². The Morgan fingerprint density at radius 2 is 1.68 bits per heavy atom. The molecule has 0 radical (unpaired) electrons. The van der Waals surface area contributed by atoms with Gasteiger partial charge in [0.25, 0.3) is 5.91 Å². The number of amides is 1.